The number of benzene rings is 1. The minimum atomic E-state index is -0.450. The van der Waals surface area contributed by atoms with Crippen molar-refractivity contribution in [2.45, 2.75) is 25.3 Å². The topological polar surface area (TPSA) is 71.8 Å². The number of carbonyl (C=O) groups is 1. The maximum Gasteiger partial charge on any atom is 0.150 e. The van der Waals surface area contributed by atoms with Crippen LogP contribution in [0.25, 0.3) is 0 Å². The number of imidazole rings is 1. The molecular weight excluding hydrogens is 297 g/mol. The summed E-state index contributed by atoms with van der Waals surface area (Å²) in [6.45, 7) is 0. The summed E-state index contributed by atoms with van der Waals surface area (Å²) >= 11 is 0. The SMILES string of the molecule is Cl.Cl.N[C@@H](Cc1cnc[nH]1)C(=O)CCc1ccccc1. The molecule has 0 aliphatic rings. The van der Waals surface area contributed by atoms with Gasteiger partial charge in [0.2, 0.25) is 0 Å². The van der Waals surface area contributed by atoms with Crippen LogP contribution in [0.4, 0.5) is 0 Å². The van der Waals surface area contributed by atoms with Gasteiger partial charge in [-0.05, 0) is 12.0 Å². The summed E-state index contributed by atoms with van der Waals surface area (Å²) in [5.74, 6) is 0.0912. The molecule has 2 rings (SSSR count). The highest BCUT2D eigenvalue weighted by Crippen LogP contribution is 2.05. The third kappa shape index (κ3) is 5.74. The molecule has 0 bridgehead atoms. The van der Waals surface area contributed by atoms with Gasteiger partial charge in [-0.2, -0.15) is 0 Å². The number of H-pyrrole nitrogens is 1. The van der Waals surface area contributed by atoms with E-state index in [1.807, 2.05) is 30.3 Å². The Morgan fingerprint density at radius 3 is 2.55 bits per heavy atom. The first-order valence-electron chi connectivity index (χ1n) is 6.05. The molecule has 2 aromatic rings. The smallest absolute Gasteiger partial charge is 0.150 e. The monoisotopic (exact) mass is 315 g/mol. The van der Waals surface area contributed by atoms with Gasteiger partial charge < -0.3 is 10.7 Å². The van der Waals surface area contributed by atoms with Crippen molar-refractivity contribution in [3.8, 4) is 0 Å². The molecule has 0 radical (unpaired) electrons. The predicted molar refractivity (Wildman–Crippen MR) is 84.5 cm³/mol. The molecule has 0 fully saturated rings. The number of aromatic nitrogens is 2. The normalized spacial score (nSPS) is 11.1. The Morgan fingerprint density at radius 1 is 1.25 bits per heavy atom. The number of nitrogens with two attached hydrogens (primary N) is 1. The van der Waals surface area contributed by atoms with Gasteiger partial charge in [-0.3, -0.25) is 4.79 Å². The molecule has 3 N–H and O–H groups in total. The summed E-state index contributed by atoms with van der Waals surface area (Å²) < 4.78 is 0. The maximum absolute atomic E-state index is 11.9. The van der Waals surface area contributed by atoms with E-state index in [0.29, 0.717) is 12.8 Å². The lowest BCUT2D eigenvalue weighted by Crippen LogP contribution is -2.33. The van der Waals surface area contributed by atoms with E-state index in [4.69, 9.17) is 5.73 Å². The lowest BCUT2D eigenvalue weighted by atomic mass is 10.0. The van der Waals surface area contributed by atoms with Crippen LogP contribution >= 0.6 is 24.8 Å². The fourth-order valence-corrected chi connectivity index (χ4v) is 1.84. The number of ketones is 1. The summed E-state index contributed by atoms with van der Waals surface area (Å²) in [5, 5.41) is 0. The summed E-state index contributed by atoms with van der Waals surface area (Å²) in [5.41, 5.74) is 7.94. The van der Waals surface area contributed by atoms with Crippen LogP contribution in [0.15, 0.2) is 42.9 Å². The number of hydrogen-bond acceptors (Lipinski definition) is 3. The summed E-state index contributed by atoms with van der Waals surface area (Å²) in [6.07, 6.45) is 5.05. The van der Waals surface area contributed by atoms with Gasteiger partial charge in [0.1, 0.15) is 5.78 Å². The van der Waals surface area contributed by atoms with Crippen molar-refractivity contribution >= 4 is 30.6 Å². The molecule has 1 atom stereocenters. The molecule has 1 aromatic carbocycles. The van der Waals surface area contributed by atoms with Gasteiger partial charge in [-0.1, -0.05) is 30.3 Å². The molecule has 1 heterocycles. The van der Waals surface area contributed by atoms with Crippen LogP contribution in [0.1, 0.15) is 17.7 Å². The Labute approximate surface area is 131 Å². The van der Waals surface area contributed by atoms with Gasteiger partial charge >= 0.3 is 0 Å². The molecule has 110 valence electrons. The first-order valence-corrected chi connectivity index (χ1v) is 6.05. The number of halogens is 2. The lowest BCUT2D eigenvalue weighted by Gasteiger charge is -2.09. The van der Waals surface area contributed by atoms with E-state index in [1.54, 1.807) is 12.5 Å². The first kappa shape index (κ1) is 18.6. The highest BCUT2D eigenvalue weighted by molar-refractivity contribution is 5.85. The van der Waals surface area contributed by atoms with E-state index < -0.39 is 6.04 Å². The number of Topliss-reactive ketones (excluding diaryl/α,β-unsaturated/α-hetero) is 1. The molecule has 0 saturated heterocycles. The van der Waals surface area contributed by atoms with E-state index in [0.717, 1.165) is 12.1 Å². The van der Waals surface area contributed by atoms with E-state index in [2.05, 4.69) is 9.97 Å². The van der Waals surface area contributed by atoms with Crippen molar-refractivity contribution in [1.82, 2.24) is 9.97 Å². The largest absolute Gasteiger partial charge is 0.348 e. The molecule has 4 nitrogen and oxygen atoms in total. The van der Waals surface area contributed by atoms with Crippen LogP contribution in [0.2, 0.25) is 0 Å². The summed E-state index contributed by atoms with van der Waals surface area (Å²) in [6, 6.07) is 9.51. The molecule has 0 saturated carbocycles. The zero-order valence-corrected chi connectivity index (χ0v) is 12.6. The number of aromatic amines is 1. The van der Waals surface area contributed by atoms with Gasteiger partial charge in [0.05, 0.1) is 12.4 Å². The van der Waals surface area contributed by atoms with Gasteiger partial charge in [0.25, 0.3) is 0 Å². The standard InChI is InChI=1S/C14H17N3O.2ClH/c15-13(8-12-9-16-10-17-12)14(18)7-6-11-4-2-1-3-5-11;;/h1-5,9-10,13H,6-8,15H2,(H,16,17);2*1H/t13-;;/m0../s1. The average Bonchev–Trinajstić information content (AvgIpc) is 2.90. The van der Waals surface area contributed by atoms with Crippen molar-refractivity contribution < 1.29 is 4.79 Å². The number of rotatable bonds is 6. The molecule has 0 aliphatic carbocycles. The maximum atomic E-state index is 11.9. The summed E-state index contributed by atoms with van der Waals surface area (Å²) in [4.78, 5) is 18.7. The van der Waals surface area contributed by atoms with Gasteiger partial charge in [-0.15, -0.1) is 24.8 Å². The van der Waals surface area contributed by atoms with Crippen molar-refractivity contribution in [3.05, 3.63) is 54.1 Å². The second-order valence-corrected chi connectivity index (χ2v) is 4.34. The zero-order chi connectivity index (χ0) is 12.8. The van der Waals surface area contributed by atoms with Crippen molar-refractivity contribution in [2.24, 2.45) is 5.73 Å². The van der Waals surface area contributed by atoms with Crippen LogP contribution in [0.5, 0.6) is 0 Å². The number of hydrogen-bond donors (Lipinski definition) is 2. The third-order valence-corrected chi connectivity index (χ3v) is 2.91. The molecule has 0 amide bonds. The van der Waals surface area contributed by atoms with Crippen molar-refractivity contribution in [3.63, 3.8) is 0 Å². The Balaban J connectivity index is 0.00000180. The number of nitrogens with one attached hydrogen (secondary N) is 1. The fraction of sp³-hybridized carbons (Fsp3) is 0.286. The molecule has 20 heavy (non-hydrogen) atoms. The van der Waals surface area contributed by atoms with Crippen LogP contribution in [-0.4, -0.2) is 21.8 Å². The lowest BCUT2D eigenvalue weighted by molar-refractivity contribution is -0.120. The molecule has 6 heteroatoms. The van der Waals surface area contributed by atoms with Crippen LogP contribution in [0.3, 0.4) is 0 Å². The number of carbonyl (C=O) groups excluding carboxylic acids is 1. The Morgan fingerprint density at radius 2 is 1.95 bits per heavy atom. The van der Waals surface area contributed by atoms with Crippen LogP contribution < -0.4 is 5.73 Å². The molecule has 0 aliphatic heterocycles. The average molecular weight is 316 g/mol. The number of nitrogens with zero attached hydrogens (tertiary/aromatic N) is 1. The number of aryl methyl sites for hydroxylation is 1. The van der Waals surface area contributed by atoms with E-state index in [1.165, 1.54) is 5.56 Å². The third-order valence-electron chi connectivity index (χ3n) is 2.91. The minimum absolute atomic E-state index is 0. The Bertz CT molecular complexity index is 488. The van der Waals surface area contributed by atoms with Gasteiger partial charge in [0.15, 0.2) is 0 Å². The van der Waals surface area contributed by atoms with E-state index >= 15 is 0 Å². The highest BCUT2D eigenvalue weighted by Gasteiger charge is 2.14. The first-order chi connectivity index (χ1) is 8.75. The minimum Gasteiger partial charge on any atom is -0.348 e. The van der Waals surface area contributed by atoms with E-state index in [9.17, 15) is 4.79 Å². The highest BCUT2D eigenvalue weighted by atomic mass is 35.5. The molecular formula is C14H19Cl2N3O. The second kappa shape index (κ2) is 9.53. The molecule has 0 spiro atoms. The van der Waals surface area contributed by atoms with Crippen LogP contribution in [0, 0.1) is 0 Å². The Kier molecular flexibility index (Phi) is 8.88. The molecule has 0 unspecified atom stereocenters. The Hall–Kier alpha value is -1.36. The zero-order valence-electron chi connectivity index (χ0n) is 11.0. The van der Waals surface area contributed by atoms with Crippen LogP contribution in [-0.2, 0) is 17.6 Å². The van der Waals surface area contributed by atoms with E-state index in [-0.39, 0.29) is 30.6 Å². The van der Waals surface area contributed by atoms with Gasteiger partial charge in [0, 0.05) is 24.7 Å². The van der Waals surface area contributed by atoms with Crippen molar-refractivity contribution in [2.75, 3.05) is 0 Å². The predicted octanol–water partition coefficient (Wildman–Crippen LogP) is 2.33. The second-order valence-electron chi connectivity index (χ2n) is 4.34. The summed E-state index contributed by atoms with van der Waals surface area (Å²) in [7, 11) is 0. The van der Waals surface area contributed by atoms with Gasteiger partial charge in [-0.25, -0.2) is 4.98 Å². The molecule has 1 aromatic heterocycles. The fourth-order valence-electron chi connectivity index (χ4n) is 1.84. The van der Waals surface area contributed by atoms with Crippen molar-refractivity contribution in [1.29, 1.82) is 0 Å². The quantitative estimate of drug-likeness (QED) is 0.859.